The van der Waals surface area contributed by atoms with Crippen molar-refractivity contribution in [1.82, 2.24) is 19.2 Å². The molecule has 1 saturated heterocycles. The zero-order valence-electron chi connectivity index (χ0n) is 16.6. The lowest BCUT2D eigenvalue weighted by atomic mass is 10.0. The Kier molecular flexibility index (Phi) is 4.30. The highest BCUT2D eigenvalue weighted by molar-refractivity contribution is 7.15. The van der Waals surface area contributed by atoms with Crippen LogP contribution in [0.4, 0.5) is 0 Å². The summed E-state index contributed by atoms with van der Waals surface area (Å²) in [6.07, 6.45) is 1.79. The Morgan fingerprint density at radius 2 is 1.60 bits per heavy atom. The van der Waals surface area contributed by atoms with E-state index in [1.807, 2.05) is 5.38 Å². The van der Waals surface area contributed by atoms with Crippen LogP contribution in [0.3, 0.4) is 0 Å². The van der Waals surface area contributed by atoms with E-state index in [1.165, 1.54) is 33.6 Å². The van der Waals surface area contributed by atoms with Crippen LogP contribution in [0.5, 0.6) is 0 Å². The smallest absolute Gasteiger partial charge is 0.258 e. The van der Waals surface area contributed by atoms with Gasteiger partial charge in [0.05, 0.1) is 11.7 Å². The van der Waals surface area contributed by atoms with E-state index in [2.05, 4.69) is 63.3 Å². The summed E-state index contributed by atoms with van der Waals surface area (Å²) in [6.45, 7) is 4.70. The fourth-order valence-corrected chi connectivity index (χ4v) is 5.64. The van der Waals surface area contributed by atoms with Crippen molar-refractivity contribution in [3.63, 3.8) is 0 Å². The first-order valence-electron chi connectivity index (χ1n) is 10.4. The lowest BCUT2D eigenvalue weighted by Crippen LogP contribution is -2.47. The molecular formula is C24H22N4OS. The molecule has 0 unspecified atom stereocenters. The lowest BCUT2D eigenvalue weighted by Gasteiger charge is -2.38. The SMILES string of the molecule is O=c1cc(CN2CCN(C3c4ccccc4-c4ccccc43)CC2)nc2sccn12. The molecule has 30 heavy (non-hydrogen) atoms. The fraction of sp³-hybridized carbons (Fsp3) is 0.250. The molecule has 2 aromatic heterocycles. The number of fused-ring (bicyclic) bond motifs is 4. The van der Waals surface area contributed by atoms with E-state index < -0.39 is 0 Å². The summed E-state index contributed by atoms with van der Waals surface area (Å²) >= 11 is 1.51. The van der Waals surface area contributed by atoms with Crippen LogP contribution in [0.25, 0.3) is 16.1 Å². The third kappa shape index (κ3) is 2.91. The van der Waals surface area contributed by atoms with Gasteiger partial charge in [-0.25, -0.2) is 4.98 Å². The predicted octanol–water partition coefficient (Wildman–Crippen LogP) is 3.64. The van der Waals surface area contributed by atoms with Crippen LogP contribution in [-0.4, -0.2) is 45.4 Å². The first-order chi connectivity index (χ1) is 14.8. The summed E-state index contributed by atoms with van der Waals surface area (Å²) in [7, 11) is 0. The van der Waals surface area contributed by atoms with Crippen molar-refractivity contribution < 1.29 is 0 Å². The van der Waals surface area contributed by atoms with Crippen LogP contribution >= 0.6 is 11.3 Å². The lowest BCUT2D eigenvalue weighted by molar-refractivity contribution is 0.105. The maximum Gasteiger partial charge on any atom is 0.258 e. The van der Waals surface area contributed by atoms with Gasteiger partial charge in [-0.1, -0.05) is 48.5 Å². The molecule has 4 aromatic rings. The van der Waals surface area contributed by atoms with E-state index in [4.69, 9.17) is 0 Å². The molecule has 2 aliphatic rings. The third-order valence-corrected chi connectivity index (χ3v) is 7.07. The fourth-order valence-electron chi connectivity index (χ4n) is 4.90. The summed E-state index contributed by atoms with van der Waals surface area (Å²) in [5.41, 5.74) is 6.46. The van der Waals surface area contributed by atoms with Gasteiger partial charge in [0.1, 0.15) is 0 Å². The highest BCUT2D eigenvalue weighted by Gasteiger charge is 2.34. The predicted molar refractivity (Wildman–Crippen MR) is 120 cm³/mol. The van der Waals surface area contributed by atoms with Crippen LogP contribution in [0.1, 0.15) is 22.9 Å². The van der Waals surface area contributed by atoms with E-state index in [0.717, 1.165) is 43.4 Å². The second-order valence-electron chi connectivity index (χ2n) is 8.03. The summed E-state index contributed by atoms with van der Waals surface area (Å²) in [5.74, 6) is 0. The van der Waals surface area contributed by atoms with E-state index in [-0.39, 0.29) is 5.56 Å². The zero-order valence-corrected chi connectivity index (χ0v) is 17.4. The molecule has 6 rings (SSSR count). The Balaban J connectivity index is 1.21. The van der Waals surface area contributed by atoms with Gasteiger partial charge in [0.2, 0.25) is 0 Å². The number of aromatic nitrogens is 2. The molecule has 2 aromatic carbocycles. The van der Waals surface area contributed by atoms with E-state index in [9.17, 15) is 4.79 Å². The number of hydrogen-bond acceptors (Lipinski definition) is 5. The first kappa shape index (κ1) is 18.0. The monoisotopic (exact) mass is 414 g/mol. The molecule has 3 heterocycles. The van der Waals surface area contributed by atoms with E-state index in [1.54, 1.807) is 16.7 Å². The zero-order chi connectivity index (χ0) is 20.1. The van der Waals surface area contributed by atoms with Gasteiger partial charge in [-0.05, 0) is 22.3 Å². The Hall–Kier alpha value is -2.80. The van der Waals surface area contributed by atoms with Crippen molar-refractivity contribution >= 4 is 16.3 Å². The minimum atomic E-state index is 0.00838. The number of hydrogen-bond donors (Lipinski definition) is 0. The van der Waals surface area contributed by atoms with Crippen LogP contribution in [-0.2, 0) is 6.54 Å². The van der Waals surface area contributed by atoms with Crippen LogP contribution in [0.2, 0.25) is 0 Å². The number of thiazole rings is 1. The van der Waals surface area contributed by atoms with E-state index >= 15 is 0 Å². The van der Waals surface area contributed by atoms with Gasteiger partial charge >= 0.3 is 0 Å². The maximum atomic E-state index is 12.3. The average Bonchev–Trinajstić information content (AvgIpc) is 3.38. The molecule has 1 aliphatic carbocycles. The minimum Gasteiger partial charge on any atom is -0.295 e. The largest absolute Gasteiger partial charge is 0.295 e. The summed E-state index contributed by atoms with van der Waals surface area (Å²) < 4.78 is 1.61. The second-order valence-corrected chi connectivity index (χ2v) is 8.90. The molecule has 0 spiro atoms. The number of nitrogens with zero attached hydrogens (tertiary/aromatic N) is 4. The molecule has 5 nitrogen and oxygen atoms in total. The second kappa shape index (κ2) is 7.16. The number of benzene rings is 2. The quantitative estimate of drug-likeness (QED) is 0.513. The van der Waals surface area contributed by atoms with Crippen LogP contribution < -0.4 is 5.56 Å². The molecule has 0 atom stereocenters. The molecule has 0 amide bonds. The van der Waals surface area contributed by atoms with Crippen molar-refractivity contribution in [2.45, 2.75) is 12.6 Å². The molecular weight excluding hydrogens is 392 g/mol. The normalized spacial score (nSPS) is 17.3. The Morgan fingerprint density at radius 1 is 0.933 bits per heavy atom. The molecule has 1 aliphatic heterocycles. The standard InChI is InChI=1S/C24H22N4OS/c29-22-15-17(25-24-28(22)13-14-30-24)16-26-9-11-27(12-10-26)23-20-7-3-1-5-18(20)19-6-2-4-8-21(19)23/h1-8,13-15,23H,9-12,16H2. The minimum absolute atomic E-state index is 0.00838. The molecule has 1 fully saturated rings. The highest BCUT2D eigenvalue weighted by atomic mass is 32.1. The topological polar surface area (TPSA) is 40.9 Å². The molecule has 150 valence electrons. The highest BCUT2D eigenvalue weighted by Crippen LogP contribution is 2.46. The maximum absolute atomic E-state index is 12.3. The average molecular weight is 415 g/mol. The summed E-state index contributed by atoms with van der Waals surface area (Å²) in [5, 5.41) is 1.91. The molecule has 6 heteroatoms. The molecule has 0 N–H and O–H groups in total. The Labute approximate surface area is 178 Å². The third-order valence-electron chi connectivity index (χ3n) is 6.31. The van der Waals surface area contributed by atoms with Gasteiger partial charge in [0, 0.05) is 50.4 Å². The van der Waals surface area contributed by atoms with Gasteiger partial charge in [-0.2, -0.15) is 0 Å². The van der Waals surface area contributed by atoms with Gasteiger partial charge in [-0.15, -0.1) is 11.3 Å². The van der Waals surface area contributed by atoms with Crippen molar-refractivity contribution in [2.75, 3.05) is 26.2 Å². The van der Waals surface area contributed by atoms with Crippen LogP contribution in [0, 0.1) is 0 Å². The van der Waals surface area contributed by atoms with Crippen molar-refractivity contribution in [2.24, 2.45) is 0 Å². The number of piperazine rings is 1. The Bertz CT molecular complexity index is 1240. The van der Waals surface area contributed by atoms with Gasteiger partial charge in [0.15, 0.2) is 4.96 Å². The molecule has 0 saturated carbocycles. The van der Waals surface area contributed by atoms with Crippen molar-refractivity contribution in [3.8, 4) is 11.1 Å². The van der Waals surface area contributed by atoms with Gasteiger partial charge < -0.3 is 0 Å². The van der Waals surface area contributed by atoms with Crippen molar-refractivity contribution in [3.05, 3.63) is 93.3 Å². The molecule has 0 radical (unpaired) electrons. The first-order valence-corrected chi connectivity index (χ1v) is 11.3. The van der Waals surface area contributed by atoms with Crippen molar-refractivity contribution in [1.29, 1.82) is 0 Å². The van der Waals surface area contributed by atoms with Gasteiger partial charge in [-0.3, -0.25) is 19.0 Å². The summed E-state index contributed by atoms with van der Waals surface area (Å²) in [6, 6.07) is 19.6. The summed E-state index contributed by atoms with van der Waals surface area (Å²) in [4.78, 5) is 22.7. The van der Waals surface area contributed by atoms with Gasteiger partial charge in [0.25, 0.3) is 5.56 Å². The van der Waals surface area contributed by atoms with Crippen LogP contribution in [0.15, 0.2) is 71.0 Å². The number of rotatable bonds is 3. The van der Waals surface area contributed by atoms with E-state index in [0.29, 0.717) is 6.04 Å². The Morgan fingerprint density at radius 3 is 2.30 bits per heavy atom. The molecule has 0 bridgehead atoms.